The first kappa shape index (κ1) is 20.9. The van der Waals surface area contributed by atoms with E-state index < -0.39 is 11.6 Å². The zero-order chi connectivity index (χ0) is 17.2. The molecule has 22 heavy (non-hydrogen) atoms. The van der Waals surface area contributed by atoms with E-state index in [2.05, 4.69) is 12.2 Å². The number of rotatable bonds is 12. The molecule has 1 amide bonds. The number of carboxylic acids is 1. The Morgan fingerprint density at radius 1 is 0.955 bits per heavy atom. The van der Waals surface area contributed by atoms with Crippen LogP contribution in [0.15, 0.2) is 0 Å². The van der Waals surface area contributed by atoms with Crippen molar-refractivity contribution in [2.24, 2.45) is 0 Å². The lowest BCUT2D eigenvalue weighted by atomic mass is 9.99. The summed E-state index contributed by atoms with van der Waals surface area (Å²) in [7, 11) is 5.32. The Labute approximate surface area is 135 Å². The predicted molar refractivity (Wildman–Crippen MR) is 86.8 cm³/mol. The third-order valence-corrected chi connectivity index (χ3v) is 4.20. The molecule has 0 aromatic heterocycles. The number of aliphatic carboxylic acids is 1. The van der Waals surface area contributed by atoms with Gasteiger partial charge in [0.2, 0.25) is 11.6 Å². The minimum Gasteiger partial charge on any atom is -0.542 e. The minimum absolute atomic E-state index is 0.116. The van der Waals surface area contributed by atoms with Gasteiger partial charge in [-0.2, -0.15) is 0 Å². The number of amides is 1. The molecule has 0 aliphatic heterocycles. The number of unbranched alkanes of at least 4 members (excludes halogenated alkanes) is 5. The highest BCUT2D eigenvalue weighted by atomic mass is 16.4. The van der Waals surface area contributed by atoms with E-state index >= 15 is 0 Å². The molecule has 0 aromatic carbocycles. The van der Waals surface area contributed by atoms with Gasteiger partial charge in [-0.1, -0.05) is 46.0 Å². The van der Waals surface area contributed by atoms with Crippen LogP contribution in [0.25, 0.3) is 0 Å². The Balaban J connectivity index is 4.55. The highest BCUT2D eigenvalue weighted by Crippen LogP contribution is 2.22. The van der Waals surface area contributed by atoms with Crippen LogP contribution in [-0.4, -0.2) is 43.2 Å². The van der Waals surface area contributed by atoms with Gasteiger partial charge in [-0.15, -0.1) is 0 Å². The van der Waals surface area contributed by atoms with Crippen LogP contribution in [0, 0.1) is 0 Å². The fraction of sp³-hybridized carbons (Fsp3) is 0.882. The van der Waals surface area contributed by atoms with Gasteiger partial charge in [0.25, 0.3) is 0 Å². The summed E-state index contributed by atoms with van der Waals surface area (Å²) in [6.07, 6.45) is 8.01. The zero-order valence-electron chi connectivity index (χ0n) is 15.0. The van der Waals surface area contributed by atoms with Gasteiger partial charge in [0.1, 0.15) is 5.97 Å². The molecule has 5 nitrogen and oxygen atoms in total. The van der Waals surface area contributed by atoms with Crippen molar-refractivity contribution < 1.29 is 19.2 Å². The first-order chi connectivity index (χ1) is 10.2. The van der Waals surface area contributed by atoms with Gasteiger partial charge in [0.05, 0.1) is 21.1 Å². The monoisotopic (exact) mass is 314 g/mol. The number of hydrogen-bond acceptors (Lipinski definition) is 3. The van der Waals surface area contributed by atoms with Gasteiger partial charge in [-0.3, -0.25) is 10.1 Å². The van der Waals surface area contributed by atoms with Gasteiger partial charge in [0.15, 0.2) is 0 Å². The summed E-state index contributed by atoms with van der Waals surface area (Å²) in [4.78, 5) is 23.9. The maximum Gasteiger partial charge on any atom is 0.224 e. The van der Waals surface area contributed by atoms with Crippen LogP contribution in [0.4, 0.5) is 0 Å². The van der Waals surface area contributed by atoms with Gasteiger partial charge >= 0.3 is 0 Å². The van der Waals surface area contributed by atoms with Crippen molar-refractivity contribution in [3.05, 3.63) is 0 Å². The van der Waals surface area contributed by atoms with E-state index in [0.29, 0.717) is 19.3 Å². The van der Waals surface area contributed by atoms with Crippen molar-refractivity contribution in [1.82, 2.24) is 5.32 Å². The van der Waals surface area contributed by atoms with E-state index in [0.717, 1.165) is 19.3 Å². The zero-order valence-corrected chi connectivity index (χ0v) is 15.0. The van der Waals surface area contributed by atoms with Crippen LogP contribution in [-0.2, 0) is 9.59 Å². The summed E-state index contributed by atoms with van der Waals surface area (Å²) in [5.74, 6) is -1.40. The SMILES string of the molecule is CCCCCCCCC(=O)NC(CCC)(C(=O)[O-])[N+](C)(C)C. The van der Waals surface area contributed by atoms with Crippen molar-refractivity contribution in [2.45, 2.75) is 77.3 Å². The van der Waals surface area contributed by atoms with Crippen LogP contribution < -0.4 is 10.4 Å². The van der Waals surface area contributed by atoms with E-state index in [9.17, 15) is 14.7 Å². The van der Waals surface area contributed by atoms with E-state index in [1.807, 2.05) is 6.92 Å². The second-order valence-electron chi connectivity index (χ2n) is 6.98. The van der Waals surface area contributed by atoms with E-state index in [-0.39, 0.29) is 10.4 Å². The molecule has 0 bridgehead atoms. The van der Waals surface area contributed by atoms with Crippen molar-refractivity contribution in [3.8, 4) is 0 Å². The number of carbonyl (C=O) groups excluding carboxylic acids is 2. The number of hydrogen-bond donors (Lipinski definition) is 1. The molecule has 0 saturated carbocycles. The van der Waals surface area contributed by atoms with Crippen LogP contribution in [0.5, 0.6) is 0 Å². The molecule has 0 fully saturated rings. The normalized spacial score (nSPS) is 14.4. The second kappa shape index (κ2) is 9.82. The molecule has 1 atom stereocenters. The lowest BCUT2D eigenvalue weighted by molar-refractivity contribution is -0.919. The molecule has 0 aromatic rings. The molecule has 0 rings (SSSR count). The highest BCUT2D eigenvalue weighted by Gasteiger charge is 2.45. The molecule has 0 aliphatic rings. The van der Waals surface area contributed by atoms with Crippen molar-refractivity contribution in [3.63, 3.8) is 0 Å². The third-order valence-electron chi connectivity index (χ3n) is 4.20. The maximum atomic E-state index is 12.2. The van der Waals surface area contributed by atoms with Gasteiger partial charge < -0.3 is 14.4 Å². The number of carbonyl (C=O) groups is 2. The van der Waals surface area contributed by atoms with Gasteiger partial charge in [-0.05, 0) is 12.8 Å². The summed E-state index contributed by atoms with van der Waals surface area (Å²) in [6.45, 7) is 4.08. The number of quaternary nitrogens is 1. The predicted octanol–water partition coefficient (Wildman–Crippen LogP) is 1.81. The lowest BCUT2D eigenvalue weighted by Gasteiger charge is -2.46. The summed E-state index contributed by atoms with van der Waals surface area (Å²) < 4.78 is 0.116. The average molecular weight is 314 g/mol. The highest BCUT2D eigenvalue weighted by molar-refractivity contribution is 5.84. The number of nitrogens with one attached hydrogen (secondary N) is 1. The molecule has 5 heteroatoms. The van der Waals surface area contributed by atoms with Crippen LogP contribution >= 0.6 is 0 Å². The molecule has 0 saturated heterocycles. The first-order valence-electron chi connectivity index (χ1n) is 8.55. The number of likely N-dealkylation sites (N-methyl/N-ethyl adjacent to an activating group) is 1. The van der Waals surface area contributed by atoms with Crippen LogP contribution in [0.2, 0.25) is 0 Å². The number of carboxylic acid groups (broad SMARTS) is 1. The Kier molecular flexibility index (Phi) is 9.33. The van der Waals surface area contributed by atoms with Crippen LogP contribution in [0.3, 0.4) is 0 Å². The van der Waals surface area contributed by atoms with Crippen molar-refractivity contribution in [2.75, 3.05) is 21.1 Å². The lowest BCUT2D eigenvalue weighted by Crippen LogP contribution is -2.74. The smallest absolute Gasteiger partial charge is 0.224 e. The van der Waals surface area contributed by atoms with Crippen molar-refractivity contribution in [1.29, 1.82) is 0 Å². The topological polar surface area (TPSA) is 69.2 Å². The fourth-order valence-corrected chi connectivity index (χ4v) is 2.71. The standard InChI is InChI=1S/C17H34N2O3/c1-6-8-9-10-11-12-13-15(20)18-17(14-7-2,16(21)22)19(3,4)5/h6-14H2,1-5H3,(H-,18,20,21,22). The largest absolute Gasteiger partial charge is 0.542 e. The second-order valence-corrected chi connectivity index (χ2v) is 6.98. The third kappa shape index (κ3) is 6.34. The van der Waals surface area contributed by atoms with E-state index in [4.69, 9.17) is 0 Å². The molecular weight excluding hydrogens is 280 g/mol. The molecule has 0 heterocycles. The molecule has 1 unspecified atom stereocenters. The number of nitrogens with zero attached hydrogens (tertiary/aromatic N) is 1. The molecular formula is C17H34N2O3. The summed E-state index contributed by atoms with van der Waals surface area (Å²) >= 11 is 0. The quantitative estimate of drug-likeness (QED) is 0.339. The van der Waals surface area contributed by atoms with Crippen molar-refractivity contribution >= 4 is 11.9 Å². The molecule has 0 spiro atoms. The summed E-state index contributed by atoms with van der Waals surface area (Å²) in [6, 6.07) is 0. The Hall–Kier alpha value is -1.10. The Morgan fingerprint density at radius 3 is 1.95 bits per heavy atom. The van der Waals surface area contributed by atoms with Gasteiger partial charge in [0, 0.05) is 12.8 Å². The molecule has 130 valence electrons. The van der Waals surface area contributed by atoms with Gasteiger partial charge in [-0.25, -0.2) is 0 Å². The Morgan fingerprint density at radius 2 is 1.50 bits per heavy atom. The van der Waals surface area contributed by atoms with E-state index in [1.54, 1.807) is 21.1 Å². The molecule has 1 N–H and O–H groups in total. The summed E-state index contributed by atoms with van der Waals surface area (Å²) in [5.41, 5.74) is -1.35. The van der Waals surface area contributed by atoms with Crippen LogP contribution in [0.1, 0.15) is 71.6 Å². The molecule has 0 aliphatic carbocycles. The minimum atomic E-state index is -1.35. The van der Waals surface area contributed by atoms with E-state index in [1.165, 1.54) is 19.3 Å². The maximum absolute atomic E-state index is 12.2. The Bertz CT molecular complexity index is 350. The average Bonchev–Trinajstić information content (AvgIpc) is 2.40. The summed E-state index contributed by atoms with van der Waals surface area (Å²) in [5, 5.41) is 14.4. The fourth-order valence-electron chi connectivity index (χ4n) is 2.71. The molecule has 0 radical (unpaired) electrons. The first-order valence-corrected chi connectivity index (χ1v) is 8.55.